The zero-order chi connectivity index (χ0) is 15.1. The van der Waals surface area contributed by atoms with Crippen molar-refractivity contribution in [3.05, 3.63) is 23.5 Å². The van der Waals surface area contributed by atoms with E-state index in [1.807, 2.05) is 13.8 Å². The number of ketones is 1. The summed E-state index contributed by atoms with van der Waals surface area (Å²) in [5, 5.41) is 0. The molecule has 118 valence electrons. The molecule has 0 spiro atoms. The molecule has 0 aromatic carbocycles. The van der Waals surface area contributed by atoms with Gasteiger partial charge in [-0.3, -0.25) is 4.79 Å². The third-order valence-electron chi connectivity index (χ3n) is 3.88. The van der Waals surface area contributed by atoms with E-state index in [0.717, 1.165) is 31.4 Å². The molecule has 4 heteroatoms. The average molecular weight is 294 g/mol. The van der Waals surface area contributed by atoms with Gasteiger partial charge in [0.15, 0.2) is 12.1 Å². The second-order valence-electron chi connectivity index (χ2n) is 5.53. The molecule has 0 amide bonds. The summed E-state index contributed by atoms with van der Waals surface area (Å²) >= 11 is 0. The minimum atomic E-state index is -0.150. The van der Waals surface area contributed by atoms with Gasteiger partial charge >= 0.3 is 0 Å². The zero-order valence-corrected chi connectivity index (χ0v) is 13.1. The lowest BCUT2D eigenvalue weighted by atomic mass is 9.90. The summed E-state index contributed by atoms with van der Waals surface area (Å²) in [6, 6.07) is 0. The Morgan fingerprint density at radius 2 is 1.95 bits per heavy atom. The lowest BCUT2D eigenvalue weighted by Crippen LogP contribution is -2.28. The van der Waals surface area contributed by atoms with Gasteiger partial charge < -0.3 is 14.2 Å². The smallest absolute Gasteiger partial charge is 0.163 e. The third kappa shape index (κ3) is 4.97. The first-order valence-corrected chi connectivity index (χ1v) is 8.02. The summed E-state index contributed by atoms with van der Waals surface area (Å²) in [6.07, 6.45) is 8.35. The molecular weight excluding hydrogens is 268 g/mol. The fraction of sp³-hybridized carbons (Fsp3) is 0.706. The maximum absolute atomic E-state index is 11.2. The van der Waals surface area contributed by atoms with E-state index in [1.54, 1.807) is 6.08 Å². The number of ether oxygens (including phenoxy) is 3. The number of carbonyl (C=O) groups excluding carboxylic acids is 1. The summed E-state index contributed by atoms with van der Waals surface area (Å²) in [5.41, 5.74) is 1.29. The van der Waals surface area contributed by atoms with Gasteiger partial charge in [0.25, 0.3) is 0 Å². The fourth-order valence-corrected chi connectivity index (χ4v) is 2.86. The van der Waals surface area contributed by atoms with Crippen LogP contribution in [0.1, 0.15) is 46.0 Å². The van der Waals surface area contributed by atoms with Crippen LogP contribution in [0.4, 0.5) is 0 Å². The highest BCUT2D eigenvalue weighted by molar-refractivity contribution is 5.92. The van der Waals surface area contributed by atoms with Crippen LogP contribution in [0.15, 0.2) is 23.5 Å². The van der Waals surface area contributed by atoms with Crippen LogP contribution in [0, 0.1) is 5.92 Å². The molecule has 2 rings (SSSR count). The van der Waals surface area contributed by atoms with Crippen molar-refractivity contribution < 1.29 is 19.0 Å². The number of hydrogen-bond donors (Lipinski definition) is 0. The molecule has 0 aromatic heterocycles. The van der Waals surface area contributed by atoms with E-state index in [0.29, 0.717) is 32.2 Å². The first kappa shape index (κ1) is 16.2. The number of hydrogen-bond acceptors (Lipinski definition) is 4. The standard InChI is InChI=1S/C17H26O4/c1-3-19-17(20-4-2)14-7-5-6-13(10-14)12-21-16-9-8-15(18)11-16/h10-11,14,17H,3-9,12H2,1-2H3. The van der Waals surface area contributed by atoms with Gasteiger partial charge in [-0.25, -0.2) is 0 Å². The van der Waals surface area contributed by atoms with Crippen molar-refractivity contribution in [2.45, 2.75) is 52.2 Å². The van der Waals surface area contributed by atoms with Crippen molar-refractivity contribution in [3.8, 4) is 0 Å². The van der Waals surface area contributed by atoms with E-state index in [1.165, 1.54) is 5.57 Å². The Labute approximate surface area is 127 Å². The SMILES string of the molecule is CCOC(OCC)C1C=C(COC2=CC(=O)CC2)CCC1. The van der Waals surface area contributed by atoms with Crippen LogP contribution in [0.2, 0.25) is 0 Å². The van der Waals surface area contributed by atoms with Crippen molar-refractivity contribution in [1.82, 2.24) is 0 Å². The molecule has 0 N–H and O–H groups in total. The molecule has 0 heterocycles. The highest BCUT2D eigenvalue weighted by atomic mass is 16.7. The monoisotopic (exact) mass is 294 g/mol. The van der Waals surface area contributed by atoms with Crippen LogP contribution >= 0.6 is 0 Å². The molecule has 0 aromatic rings. The van der Waals surface area contributed by atoms with E-state index in [4.69, 9.17) is 14.2 Å². The highest BCUT2D eigenvalue weighted by Crippen LogP contribution is 2.28. The third-order valence-corrected chi connectivity index (χ3v) is 3.88. The molecule has 0 aliphatic heterocycles. The van der Waals surface area contributed by atoms with E-state index in [9.17, 15) is 4.79 Å². The Morgan fingerprint density at radius 3 is 2.57 bits per heavy atom. The van der Waals surface area contributed by atoms with Crippen molar-refractivity contribution >= 4 is 5.78 Å². The molecule has 2 aliphatic rings. The molecule has 2 aliphatic carbocycles. The summed E-state index contributed by atoms with van der Waals surface area (Å²) in [4.78, 5) is 11.2. The Morgan fingerprint density at radius 1 is 1.19 bits per heavy atom. The summed E-state index contributed by atoms with van der Waals surface area (Å²) < 4.78 is 17.1. The van der Waals surface area contributed by atoms with Gasteiger partial charge in [0.1, 0.15) is 12.4 Å². The first-order chi connectivity index (χ1) is 10.2. The molecular formula is C17H26O4. The van der Waals surface area contributed by atoms with Crippen molar-refractivity contribution in [2.24, 2.45) is 5.92 Å². The summed E-state index contributed by atoms with van der Waals surface area (Å²) in [7, 11) is 0. The number of rotatable bonds is 8. The fourth-order valence-electron chi connectivity index (χ4n) is 2.86. The van der Waals surface area contributed by atoms with E-state index < -0.39 is 0 Å². The lowest BCUT2D eigenvalue weighted by Gasteiger charge is -2.28. The molecule has 21 heavy (non-hydrogen) atoms. The van der Waals surface area contributed by atoms with Crippen LogP contribution in [0.25, 0.3) is 0 Å². The average Bonchev–Trinajstić information content (AvgIpc) is 2.91. The normalized spacial score (nSPS) is 22.4. The summed E-state index contributed by atoms with van der Waals surface area (Å²) in [5.74, 6) is 1.30. The predicted octanol–water partition coefficient (Wildman–Crippen LogP) is 3.38. The second kappa shape index (κ2) is 8.35. The topological polar surface area (TPSA) is 44.8 Å². The Hall–Kier alpha value is -1.13. The largest absolute Gasteiger partial charge is 0.493 e. The van der Waals surface area contributed by atoms with Gasteiger partial charge in [-0.15, -0.1) is 0 Å². The lowest BCUT2D eigenvalue weighted by molar-refractivity contribution is -0.159. The predicted molar refractivity (Wildman–Crippen MR) is 80.7 cm³/mol. The summed E-state index contributed by atoms with van der Waals surface area (Å²) in [6.45, 7) is 5.89. The van der Waals surface area contributed by atoms with Gasteiger partial charge in [0.05, 0.1) is 0 Å². The van der Waals surface area contributed by atoms with Gasteiger partial charge in [-0.05, 0) is 38.7 Å². The van der Waals surface area contributed by atoms with E-state index >= 15 is 0 Å². The van der Waals surface area contributed by atoms with Crippen LogP contribution in [-0.2, 0) is 19.0 Å². The molecule has 0 fully saturated rings. The minimum absolute atomic E-state index is 0.150. The Kier molecular flexibility index (Phi) is 6.46. The van der Waals surface area contributed by atoms with Crippen molar-refractivity contribution in [1.29, 1.82) is 0 Å². The molecule has 0 saturated heterocycles. The van der Waals surface area contributed by atoms with Gasteiger partial charge in [-0.1, -0.05) is 6.08 Å². The maximum atomic E-state index is 11.2. The quantitative estimate of drug-likeness (QED) is 0.508. The highest BCUT2D eigenvalue weighted by Gasteiger charge is 2.24. The van der Waals surface area contributed by atoms with E-state index in [-0.39, 0.29) is 12.1 Å². The van der Waals surface area contributed by atoms with Crippen molar-refractivity contribution in [3.63, 3.8) is 0 Å². The molecule has 0 bridgehead atoms. The molecule has 0 saturated carbocycles. The van der Waals surface area contributed by atoms with Crippen molar-refractivity contribution in [2.75, 3.05) is 19.8 Å². The zero-order valence-electron chi connectivity index (χ0n) is 13.1. The van der Waals surface area contributed by atoms with Crippen LogP contribution in [0.3, 0.4) is 0 Å². The maximum Gasteiger partial charge on any atom is 0.163 e. The molecule has 1 unspecified atom stereocenters. The van der Waals surface area contributed by atoms with Crippen LogP contribution < -0.4 is 0 Å². The Bertz CT molecular complexity index is 405. The van der Waals surface area contributed by atoms with Crippen LogP contribution in [0.5, 0.6) is 0 Å². The molecule has 4 nitrogen and oxygen atoms in total. The van der Waals surface area contributed by atoms with E-state index in [2.05, 4.69) is 6.08 Å². The first-order valence-electron chi connectivity index (χ1n) is 8.02. The number of allylic oxidation sites excluding steroid dienone is 2. The molecule has 0 radical (unpaired) electrons. The van der Waals surface area contributed by atoms with Crippen LogP contribution in [-0.4, -0.2) is 31.9 Å². The van der Waals surface area contributed by atoms with Gasteiger partial charge in [0.2, 0.25) is 0 Å². The number of carbonyl (C=O) groups is 1. The Balaban J connectivity index is 1.89. The molecule has 1 atom stereocenters. The van der Waals surface area contributed by atoms with Gasteiger partial charge in [0, 0.05) is 38.0 Å². The van der Waals surface area contributed by atoms with Gasteiger partial charge in [-0.2, -0.15) is 0 Å². The second-order valence-corrected chi connectivity index (χ2v) is 5.53. The minimum Gasteiger partial charge on any atom is -0.493 e.